The summed E-state index contributed by atoms with van der Waals surface area (Å²) in [6.07, 6.45) is 0. The zero-order valence-electron chi connectivity index (χ0n) is 18.6. The molecule has 0 fully saturated rings. The van der Waals surface area contributed by atoms with E-state index in [1.54, 1.807) is 21.3 Å². The molecule has 0 saturated heterocycles. The highest BCUT2D eigenvalue weighted by atomic mass is 16.5. The molecule has 0 saturated carbocycles. The van der Waals surface area contributed by atoms with E-state index in [0.717, 1.165) is 39.3 Å². The van der Waals surface area contributed by atoms with Crippen molar-refractivity contribution in [2.75, 3.05) is 27.9 Å². The molecule has 0 spiro atoms. The van der Waals surface area contributed by atoms with Gasteiger partial charge in [0, 0.05) is 5.56 Å². The van der Waals surface area contributed by atoms with Crippen LogP contribution in [0.3, 0.4) is 0 Å². The maximum atomic E-state index is 12.4. The van der Waals surface area contributed by atoms with Crippen LogP contribution in [0.1, 0.15) is 33.7 Å². The Hall–Kier alpha value is -3.18. The van der Waals surface area contributed by atoms with Crippen LogP contribution < -0.4 is 18.9 Å². The van der Waals surface area contributed by atoms with Gasteiger partial charge >= 0.3 is 0 Å². The smallest absolute Gasteiger partial charge is 0.161 e. The standard InChI is InChI=1S/C26H28O5/c1-16-6-12-21-25(17(16)2)31-15-22(18-7-13-23(29-4)24(14-18)30-5)26(21,27)19-8-10-20(28-3)11-9-19/h6-14,22,27H,15H2,1-5H3. The van der Waals surface area contributed by atoms with Crippen LogP contribution in [0.15, 0.2) is 54.6 Å². The zero-order valence-corrected chi connectivity index (χ0v) is 18.6. The van der Waals surface area contributed by atoms with Crippen LogP contribution in [0.2, 0.25) is 0 Å². The summed E-state index contributed by atoms with van der Waals surface area (Å²) in [6, 6.07) is 17.3. The van der Waals surface area contributed by atoms with Crippen molar-refractivity contribution in [3.05, 3.63) is 82.4 Å². The first-order valence-electron chi connectivity index (χ1n) is 10.3. The van der Waals surface area contributed by atoms with Gasteiger partial charge in [0.25, 0.3) is 0 Å². The summed E-state index contributed by atoms with van der Waals surface area (Å²) in [6.45, 7) is 4.40. The Kier molecular flexibility index (Phi) is 5.54. The van der Waals surface area contributed by atoms with E-state index in [1.807, 2.05) is 68.4 Å². The average molecular weight is 421 g/mol. The predicted octanol–water partition coefficient (Wildman–Crippen LogP) is 4.74. The van der Waals surface area contributed by atoms with E-state index < -0.39 is 5.60 Å². The Morgan fingerprint density at radius 1 is 0.871 bits per heavy atom. The fraction of sp³-hybridized carbons (Fsp3) is 0.308. The predicted molar refractivity (Wildman–Crippen MR) is 120 cm³/mol. The average Bonchev–Trinajstić information content (AvgIpc) is 2.81. The number of fused-ring (bicyclic) bond motifs is 1. The Labute approximate surface area is 183 Å². The van der Waals surface area contributed by atoms with Crippen LogP contribution >= 0.6 is 0 Å². The van der Waals surface area contributed by atoms with Crippen LogP contribution in [0.4, 0.5) is 0 Å². The lowest BCUT2D eigenvalue weighted by molar-refractivity contribution is 0.0102. The molecule has 0 amide bonds. The minimum atomic E-state index is -1.29. The molecule has 3 aromatic rings. The number of aryl methyl sites for hydroxylation is 1. The normalized spacial score (nSPS) is 19.9. The highest BCUT2D eigenvalue weighted by Gasteiger charge is 2.47. The maximum absolute atomic E-state index is 12.4. The van der Waals surface area contributed by atoms with Gasteiger partial charge in [0.15, 0.2) is 11.5 Å². The maximum Gasteiger partial charge on any atom is 0.161 e. The highest BCUT2D eigenvalue weighted by molar-refractivity contribution is 5.56. The van der Waals surface area contributed by atoms with E-state index in [-0.39, 0.29) is 5.92 Å². The van der Waals surface area contributed by atoms with Crippen LogP contribution in [0, 0.1) is 13.8 Å². The molecule has 1 N–H and O–H groups in total. The first-order valence-corrected chi connectivity index (χ1v) is 10.3. The lowest BCUT2D eigenvalue weighted by atomic mass is 9.71. The number of hydrogen-bond donors (Lipinski definition) is 1. The summed E-state index contributed by atoms with van der Waals surface area (Å²) >= 11 is 0. The third-order valence-corrected chi connectivity index (χ3v) is 6.33. The topological polar surface area (TPSA) is 57.2 Å². The van der Waals surface area contributed by atoms with Crippen LogP contribution in [0.5, 0.6) is 23.0 Å². The van der Waals surface area contributed by atoms with E-state index in [4.69, 9.17) is 18.9 Å². The van der Waals surface area contributed by atoms with Gasteiger partial charge in [-0.2, -0.15) is 0 Å². The van der Waals surface area contributed by atoms with E-state index in [0.29, 0.717) is 18.1 Å². The molecule has 2 atom stereocenters. The molecule has 1 heterocycles. The molecule has 0 aliphatic carbocycles. The monoisotopic (exact) mass is 420 g/mol. The minimum absolute atomic E-state index is 0.329. The van der Waals surface area contributed by atoms with Crippen molar-refractivity contribution in [1.82, 2.24) is 0 Å². The van der Waals surface area contributed by atoms with Gasteiger partial charge in [-0.05, 0) is 60.4 Å². The van der Waals surface area contributed by atoms with Crippen molar-refractivity contribution >= 4 is 0 Å². The van der Waals surface area contributed by atoms with Gasteiger partial charge < -0.3 is 24.1 Å². The van der Waals surface area contributed by atoms with Crippen molar-refractivity contribution < 1.29 is 24.1 Å². The van der Waals surface area contributed by atoms with E-state index in [9.17, 15) is 5.11 Å². The molecule has 162 valence electrons. The molecule has 4 rings (SSSR count). The van der Waals surface area contributed by atoms with Gasteiger partial charge in [-0.3, -0.25) is 0 Å². The third kappa shape index (κ3) is 3.39. The fourth-order valence-corrected chi connectivity index (χ4v) is 4.36. The Balaban J connectivity index is 1.93. The summed E-state index contributed by atoms with van der Waals surface area (Å²) in [5.74, 6) is 2.39. The van der Waals surface area contributed by atoms with E-state index >= 15 is 0 Å². The van der Waals surface area contributed by atoms with Gasteiger partial charge in [0.1, 0.15) is 17.1 Å². The van der Waals surface area contributed by atoms with E-state index in [1.165, 1.54) is 0 Å². The quantitative estimate of drug-likeness (QED) is 0.646. The van der Waals surface area contributed by atoms with Gasteiger partial charge in [0.05, 0.1) is 33.9 Å². The number of hydrogen-bond acceptors (Lipinski definition) is 5. The van der Waals surface area contributed by atoms with Crippen molar-refractivity contribution in [1.29, 1.82) is 0 Å². The Bertz CT molecular complexity index is 1090. The molecule has 3 aromatic carbocycles. The molecule has 5 heteroatoms. The first kappa shape index (κ1) is 21.1. The van der Waals surface area contributed by atoms with Crippen molar-refractivity contribution in [2.24, 2.45) is 0 Å². The molecule has 1 aliphatic heterocycles. The molecule has 2 unspecified atom stereocenters. The molecule has 0 bridgehead atoms. The van der Waals surface area contributed by atoms with Gasteiger partial charge in [0.2, 0.25) is 0 Å². The number of methoxy groups -OCH3 is 3. The van der Waals surface area contributed by atoms with Crippen molar-refractivity contribution in [2.45, 2.75) is 25.4 Å². The lowest BCUT2D eigenvalue weighted by Crippen LogP contribution is -2.42. The fourth-order valence-electron chi connectivity index (χ4n) is 4.36. The zero-order chi connectivity index (χ0) is 22.2. The third-order valence-electron chi connectivity index (χ3n) is 6.33. The number of ether oxygens (including phenoxy) is 4. The summed E-state index contributed by atoms with van der Waals surface area (Å²) in [4.78, 5) is 0. The summed E-state index contributed by atoms with van der Waals surface area (Å²) in [7, 11) is 4.85. The van der Waals surface area contributed by atoms with Crippen molar-refractivity contribution in [3.63, 3.8) is 0 Å². The molecule has 5 nitrogen and oxygen atoms in total. The molecular weight excluding hydrogens is 392 g/mol. The molecular formula is C26H28O5. The summed E-state index contributed by atoms with van der Waals surface area (Å²) in [5, 5.41) is 12.4. The van der Waals surface area contributed by atoms with Crippen molar-refractivity contribution in [3.8, 4) is 23.0 Å². The molecule has 0 radical (unpaired) electrons. The minimum Gasteiger partial charge on any atom is -0.497 e. The largest absolute Gasteiger partial charge is 0.497 e. The molecule has 1 aliphatic rings. The van der Waals surface area contributed by atoms with Gasteiger partial charge in [-0.15, -0.1) is 0 Å². The second kappa shape index (κ2) is 8.16. The summed E-state index contributed by atoms with van der Waals surface area (Å²) < 4.78 is 22.5. The van der Waals surface area contributed by atoms with Gasteiger partial charge in [-0.1, -0.05) is 30.3 Å². The van der Waals surface area contributed by atoms with Crippen LogP contribution in [-0.4, -0.2) is 33.0 Å². The first-order chi connectivity index (χ1) is 14.9. The lowest BCUT2D eigenvalue weighted by Gasteiger charge is -2.42. The molecule has 31 heavy (non-hydrogen) atoms. The van der Waals surface area contributed by atoms with Crippen LogP contribution in [0.25, 0.3) is 0 Å². The second-order valence-electron chi connectivity index (χ2n) is 7.86. The molecule has 0 aromatic heterocycles. The number of aliphatic hydroxyl groups is 1. The Morgan fingerprint density at radius 3 is 2.23 bits per heavy atom. The highest BCUT2D eigenvalue weighted by Crippen LogP contribution is 2.51. The van der Waals surface area contributed by atoms with Gasteiger partial charge in [-0.25, -0.2) is 0 Å². The second-order valence-corrected chi connectivity index (χ2v) is 7.86. The summed E-state index contributed by atoms with van der Waals surface area (Å²) in [5.41, 5.74) is 3.31. The Morgan fingerprint density at radius 2 is 1.58 bits per heavy atom. The number of benzene rings is 3. The number of rotatable bonds is 5. The van der Waals surface area contributed by atoms with Crippen LogP contribution in [-0.2, 0) is 5.60 Å². The SMILES string of the molecule is COc1ccc(C2(O)c3ccc(C)c(C)c3OCC2c2ccc(OC)c(OC)c2)cc1. The van der Waals surface area contributed by atoms with E-state index in [2.05, 4.69) is 0 Å².